The van der Waals surface area contributed by atoms with Crippen molar-refractivity contribution in [3.63, 3.8) is 0 Å². The van der Waals surface area contributed by atoms with Crippen LogP contribution in [-0.2, 0) is 19.1 Å². The highest BCUT2D eigenvalue weighted by molar-refractivity contribution is 6.42. The number of halogens is 2. The van der Waals surface area contributed by atoms with Crippen molar-refractivity contribution in [3.8, 4) is 0 Å². The van der Waals surface area contributed by atoms with E-state index in [9.17, 15) is 14.4 Å². The number of carbonyl (C=O) groups is 3. The van der Waals surface area contributed by atoms with Gasteiger partial charge in [0.1, 0.15) is 6.54 Å². The summed E-state index contributed by atoms with van der Waals surface area (Å²) >= 11 is 11.8. The zero-order valence-electron chi connectivity index (χ0n) is 13.7. The Bertz CT molecular complexity index is 706. The number of amides is 2. The zero-order chi connectivity index (χ0) is 18.4. The minimum atomic E-state index is -0.479. The molecule has 2 rings (SSSR count). The van der Waals surface area contributed by atoms with Gasteiger partial charge in [0, 0.05) is 32.1 Å². The Balaban J connectivity index is 1.97. The standard InChI is InChI=1S/C17H18Cl2N2O4/c1-25-17(24)11-21-9-8-20(7-6-16(21)23)15(22)5-3-12-2-4-13(18)14(19)10-12/h2-5,10H,6-9,11H2,1H3. The first kappa shape index (κ1) is 19.3. The van der Waals surface area contributed by atoms with Gasteiger partial charge in [0.15, 0.2) is 0 Å². The first-order valence-corrected chi connectivity index (χ1v) is 8.43. The van der Waals surface area contributed by atoms with Crippen LogP contribution in [-0.4, -0.2) is 60.9 Å². The van der Waals surface area contributed by atoms with E-state index in [1.807, 2.05) is 0 Å². The monoisotopic (exact) mass is 384 g/mol. The lowest BCUT2D eigenvalue weighted by Gasteiger charge is -2.20. The molecule has 0 spiro atoms. The van der Waals surface area contributed by atoms with Crippen LogP contribution in [0.1, 0.15) is 12.0 Å². The van der Waals surface area contributed by atoms with Gasteiger partial charge in [-0.2, -0.15) is 0 Å². The second-order valence-electron chi connectivity index (χ2n) is 5.47. The van der Waals surface area contributed by atoms with Crippen molar-refractivity contribution >= 4 is 47.1 Å². The molecule has 134 valence electrons. The van der Waals surface area contributed by atoms with Crippen molar-refractivity contribution in [1.82, 2.24) is 9.80 Å². The number of rotatable bonds is 4. The minimum Gasteiger partial charge on any atom is -0.468 e. The average Bonchev–Trinajstić information content (AvgIpc) is 2.78. The van der Waals surface area contributed by atoms with E-state index in [0.717, 1.165) is 5.56 Å². The highest BCUT2D eigenvalue weighted by atomic mass is 35.5. The maximum atomic E-state index is 12.3. The van der Waals surface area contributed by atoms with E-state index in [1.165, 1.54) is 18.1 Å². The number of esters is 1. The molecule has 0 bridgehead atoms. The van der Waals surface area contributed by atoms with E-state index in [1.54, 1.807) is 29.2 Å². The summed E-state index contributed by atoms with van der Waals surface area (Å²) < 4.78 is 4.58. The van der Waals surface area contributed by atoms with E-state index in [-0.39, 0.29) is 24.8 Å². The van der Waals surface area contributed by atoms with Crippen LogP contribution >= 0.6 is 23.2 Å². The van der Waals surface area contributed by atoms with Gasteiger partial charge in [-0.1, -0.05) is 29.3 Å². The molecule has 0 N–H and O–H groups in total. The fraction of sp³-hybridized carbons (Fsp3) is 0.353. The predicted molar refractivity (Wildman–Crippen MR) is 95.3 cm³/mol. The lowest BCUT2D eigenvalue weighted by molar-refractivity contribution is -0.146. The molecular formula is C17H18Cl2N2O4. The molecule has 8 heteroatoms. The van der Waals surface area contributed by atoms with E-state index >= 15 is 0 Å². The fourth-order valence-electron chi connectivity index (χ4n) is 2.36. The van der Waals surface area contributed by atoms with Crippen molar-refractivity contribution in [2.24, 2.45) is 0 Å². The largest absolute Gasteiger partial charge is 0.468 e. The summed E-state index contributed by atoms with van der Waals surface area (Å²) in [7, 11) is 1.27. The maximum absolute atomic E-state index is 12.3. The summed E-state index contributed by atoms with van der Waals surface area (Å²) in [5, 5.41) is 0.858. The van der Waals surface area contributed by atoms with Crippen molar-refractivity contribution in [2.75, 3.05) is 33.3 Å². The third-order valence-electron chi connectivity index (χ3n) is 3.81. The second-order valence-corrected chi connectivity index (χ2v) is 6.29. The Morgan fingerprint density at radius 1 is 1.20 bits per heavy atom. The SMILES string of the molecule is COC(=O)CN1CCN(C(=O)C=Cc2ccc(Cl)c(Cl)c2)CCC1=O. The van der Waals surface area contributed by atoms with Gasteiger partial charge in [0.2, 0.25) is 11.8 Å². The first-order valence-electron chi connectivity index (χ1n) is 7.67. The number of ether oxygens (including phenoxy) is 1. The number of benzene rings is 1. The lowest BCUT2D eigenvalue weighted by atomic mass is 10.2. The van der Waals surface area contributed by atoms with Crippen LogP contribution in [0, 0.1) is 0 Å². The first-order chi connectivity index (χ1) is 11.9. The van der Waals surface area contributed by atoms with E-state index < -0.39 is 5.97 Å². The zero-order valence-corrected chi connectivity index (χ0v) is 15.2. The molecular weight excluding hydrogens is 367 g/mol. The molecule has 1 heterocycles. The third-order valence-corrected chi connectivity index (χ3v) is 4.55. The molecule has 25 heavy (non-hydrogen) atoms. The summed E-state index contributed by atoms with van der Waals surface area (Å²) in [6.45, 7) is 0.852. The van der Waals surface area contributed by atoms with Gasteiger partial charge in [0.25, 0.3) is 0 Å². The summed E-state index contributed by atoms with van der Waals surface area (Å²) in [6, 6.07) is 5.07. The number of hydrogen-bond acceptors (Lipinski definition) is 4. The maximum Gasteiger partial charge on any atom is 0.325 e. The van der Waals surface area contributed by atoms with Crippen molar-refractivity contribution in [3.05, 3.63) is 39.9 Å². The number of methoxy groups -OCH3 is 1. The number of carbonyl (C=O) groups excluding carboxylic acids is 3. The third kappa shape index (κ3) is 5.47. The van der Waals surface area contributed by atoms with Crippen molar-refractivity contribution in [1.29, 1.82) is 0 Å². The molecule has 2 amide bonds. The number of nitrogens with zero attached hydrogens (tertiary/aromatic N) is 2. The van der Waals surface area contributed by atoms with Crippen molar-refractivity contribution in [2.45, 2.75) is 6.42 Å². The quantitative estimate of drug-likeness (QED) is 0.589. The van der Waals surface area contributed by atoms with Crippen LogP contribution < -0.4 is 0 Å². The minimum absolute atomic E-state index is 0.101. The van der Waals surface area contributed by atoms with Gasteiger partial charge in [-0.05, 0) is 23.8 Å². The normalized spacial score (nSPS) is 15.4. The fourth-order valence-corrected chi connectivity index (χ4v) is 2.67. The van der Waals surface area contributed by atoms with Gasteiger partial charge < -0.3 is 14.5 Å². The molecule has 0 atom stereocenters. The van der Waals surface area contributed by atoms with Gasteiger partial charge in [-0.25, -0.2) is 0 Å². The van der Waals surface area contributed by atoms with Crippen LogP contribution in [0.3, 0.4) is 0 Å². The molecule has 1 fully saturated rings. The van der Waals surface area contributed by atoms with Crippen LogP contribution in [0.15, 0.2) is 24.3 Å². The smallest absolute Gasteiger partial charge is 0.325 e. The van der Waals surface area contributed by atoms with Gasteiger partial charge in [-0.15, -0.1) is 0 Å². The Kier molecular flexibility index (Phi) is 6.84. The van der Waals surface area contributed by atoms with E-state index in [2.05, 4.69) is 4.74 Å². The molecule has 6 nitrogen and oxygen atoms in total. The predicted octanol–water partition coefficient (Wildman–Crippen LogP) is 2.24. The van der Waals surface area contributed by atoms with Gasteiger partial charge in [0.05, 0.1) is 17.2 Å². The van der Waals surface area contributed by atoms with E-state index in [0.29, 0.717) is 29.7 Å². The molecule has 0 unspecified atom stereocenters. The Morgan fingerprint density at radius 2 is 1.96 bits per heavy atom. The summed E-state index contributed by atoms with van der Waals surface area (Å²) in [5.41, 5.74) is 0.751. The Labute approximate surface area is 155 Å². The Morgan fingerprint density at radius 3 is 2.64 bits per heavy atom. The number of hydrogen-bond donors (Lipinski definition) is 0. The highest BCUT2D eigenvalue weighted by Gasteiger charge is 2.24. The average molecular weight is 385 g/mol. The van der Waals surface area contributed by atoms with Gasteiger partial charge >= 0.3 is 5.97 Å². The summed E-state index contributed by atoms with van der Waals surface area (Å²) in [5.74, 6) is -0.861. The van der Waals surface area contributed by atoms with Crippen LogP contribution in [0.25, 0.3) is 6.08 Å². The van der Waals surface area contributed by atoms with Crippen molar-refractivity contribution < 1.29 is 19.1 Å². The van der Waals surface area contributed by atoms with E-state index in [4.69, 9.17) is 23.2 Å². The van der Waals surface area contributed by atoms with Gasteiger partial charge in [-0.3, -0.25) is 14.4 Å². The van der Waals surface area contributed by atoms with Crippen LogP contribution in [0.5, 0.6) is 0 Å². The van der Waals surface area contributed by atoms with Crippen LogP contribution in [0.4, 0.5) is 0 Å². The molecule has 1 aromatic rings. The molecule has 1 aliphatic rings. The molecule has 1 aromatic carbocycles. The lowest BCUT2D eigenvalue weighted by Crippen LogP contribution is -2.38. The molecule has 0 aromatic heterocycles. The molecule has 0 radical (unpaired) electrons. The molecule has 0 aliphatic carbocycles. The molecule has 0 saturated carbocycles. The highest BCUT2D eigenvalue weighted by Crippen LogP contribution is 2.23. The topological polar surface area (TPSA) is 66.9 Å². The van der Waals surface area contributed by atoms with Crippen LogP contribution in [0.2, 0.25) is 10.0 Å². The second kappa shape index (κ2) is 8.87. The molecule has 1 saturated heterocycles. The summed E-state index contributed by atoms with van der Waals surface area (Å²) in [4.78, 5) is 38.7. The summed E-state index contributed by atoms with van der Waals surface area (Å²) in [6.07, 6.45) is 3.24. The molecule has 1 aliphatic heterocycles. The Hall–Kier alpha value is -2.05.